The monoisotopic (exact) mass is 244 g/mol. The van der Waals surface area contributed by atoms with Crippen molar-refractivity contribution in [3.05, 3.63) is 48.0 Å². The maximum Gasteiger partial charge on any atom is 0.155 e. The molecule has 1 aromatic rings. The molecule has 2 rings (SSSR count). The molecule has 0 bridgehead atoms. The molecule has 0 heterocycles. The van der Waals surface area contributed by atoms with Crippen LogP contribution >= 0.6 is 0 Å². The highest BCUT2D eigenvalue weighted by Gasteiger charge is 2.24. The van der Waals surface area contributed by atoms with Gasteiger partial charge in [-0.05, 0) is 29.9 Å². The zero-order valence-electron chi connectivity index (χ0n) is 10.9. The second-order valence-corrected chi connectivity index (χ2v) is 5.24. The standard InChI is InChI=1S/C16H20O2/c1-16(9-7-15(17)8-10-16)11-12-18-13-14-5-3-2-4-6-14/h2-7,9H,8,10-13H2,1H3. The van der Waals surface area contributed by atoms with Crippen LogP contribution in [0, 0.1) is 5.41 Å². The summed E-state index contributed by atoms with van der Waals surface area (Å²) in [6.07, 6.45) is 6.36. The number of ketones is 1. The number of hydrogen-bond donors (Lipinski definition) is 0. The molecule has 0 fully saturated rings. The number of allylic oxidation sites excluding steroid dienone is 2. The van der Waals surface area contributed by atoms with E-state index in [-0.39, 0.29) is 11.2 Å². The van der Waals surface area contributed by atoms with Gasteiger partial charge in [-0.25, -0.2) is 0 Å². The average Bonchev–Trinajstić information content (AvgIpc) is 2.40. The van der Waals surface area contributed by atoms with E-state index in [0.717, 1.165) is 19.4 Å². The molecule has 0 amide bonds. The number of hydrogen-bond acceptors (Lipinski definition) is 2. The lowest BCUT2D eigenvalue weighted by Gasteiger charge is -2.28. The first kappa shape index (κ1) is 13.0. The summed E-state index contributed by atoms with van der Waals surface area (Å²) in [5, 5.41) is 0. The van der Waals surface area contributed by atoms with Gasteiger partial charge in [0.25, 0.3) is 0 Å². The first-order valence-corrected chi connectivity index (χ1v) is 6.52. The minimum Gasteiger partial charge on any atom is -0.377 e. The third kappa shape index (κ3) is 3.81. The predicted octanol–water partition coefficient (Wildman–Crippen LogP) is 3.52. The van der Waals surface area contributed by atoms with Gasteiger partial charge in [0.1, 0.15) is 0 Å². The van der Waals surface area contributed by atoms with Gasteiger partial charge in [-0.3, -0.25) is 4.79 Å². The van der Waals surface area contributed by atoms with E-state index < -0.39 is 0 Å². The molecule has 0 radical (unpaired) electrons. The minimum absolute atomic E-state index is 0.130. The van der Waals surface area contributed by atoms with Crippen molar-refractivity contribution in [2.45, 2.75) is 32.8 Å². The molecule has 0 aromatic heterocycles. The SMILES string of the molecule is CC1(CCOCc2ccccc2)C=CC(=O)CC1. The highest BCUT2D eigenvalue weighted by molar-refractivity contribution is 5.90. The number of ether oxygens (including phenoxy) is 1. The van der Waals surface area contributed by atoms with Gasteiger partial charge in [-0.2, -0.15) is 0 Å². The van der Waals surface area contributed by atoms with Crippen molar-refractivity contribution in [2.24, 2.45) is 5.41 Å². The van der Waals surface area contributed by atoms with Gasteiger partial charge in [-0.1, -0.05) is 43.3 Å². The lowest BCUT2D eigenvalue weighted by atomic mass is 9.78. The molecule has 0 N–H and O–H groups in total. The van der Waals surface area contributed by atoms with Crippen LogP contribution in [0.5, 0.6) is 0 Å². The Bertz CT molecular complexity index is 422. The van der Waals surface area contributed by atoms with E-state index in [1.165, 1.54) is 5.56 Å². The van der Waals surface area contributed by atoms with Crippen LogP contribution in [0.25, 0.3) is 0 Å². The van der Waals surface area contributed by atoms with Gasteiger partial charge in [0.15, 0.2) is 5.78 Å². The zero-order chi connectivity index (χ0) is 12.8. The highest BCUT2D eigenvalue weighted by atomic mass is 16.5. The fraction of sp³-hybridized carbons (Fsp3) is 0.438. The van der Waals surface area contributed by atoms with Crippen LogP contribution < -0.4 is 0 Å². The Balaban J connectivity index is 1.72. The molecule has 0 saturated heterocycles. The molecule has 1 aromatic carbocycles. The number of carbonyl (C=O) groups is 1. The first-order valence-electron chi connectivity index (χ1n) is 6.52. The molecule has 18 heavy (non-hydrogen) atoms. The van der Waals surface area contributed by atoms with Gasteiger partial charge >= 0.3 is 0 Å². The van der Waals surface area contributed by atoms with Crippen molar-refractivity contribution in [2.75, 3.05) is 6.61 Å². The van der Waals surface area contributed by atoms with E-state index in [2.05, 4.69) is 19.1 Å². The lowest BCUT2D eigenvalue weighted by molar-refractivity contribution is -0.115. The largest absolute Gasteiger partial charge is 0.377 e. The van der Waals surface area contributed by atoms with Crippen LogP contribution in [0.1, 0.15) is 31.7 Å². The smallest absolute Gasteiger partial charge is 0.155 e. The summed E-state index contributed by atoms with van der Waals surface area (Å²) in [5.74, 6) is 0.248. The normalized spacial score (nSPS) is 23.3. The van der Waals surface area contributed by atoms with Crippen molar-refractivity contribution in [1.29, 1.82) is 0 Å². The molecular formula is C16H20O2. The molecule has 0 aliphatic heterocycles. The third-order valence-corrected chi connectivity index (χ3v) is 3.54. The molecule has 1 atom stereocenters. The van der Waals surface area contributed by atoms with E-state index in [1.54, 1.807) is 6.08 Å². The van der Waals surface area contributed by atoms with Gasteiger partial charge in [0.2, 0.25) is 0 Å². The predicted molar refractivity (Wildman–Crippen MR) is 72.2 cm³/mol. The highest BCUT2D eigenvalue weighted by Crippen LogP contribution is 2.32. The molecule has 96 valence electrons. The maximum absolute atomic E-state index is 11.1. The van der Waals surface area contributed by atoms with Crippen molar-refractivity contribution < 1.29 is 9.53 Å². The Morgan fingerprint density at radius 2 is 2.06 bits per heavy atom. The molecule has 1 unspecified atom stereocenters. The van der Waals surface area contributed by atoms with Crippen molar-refractivity contribution in [3.8, 4) is 0 Å². The molecule has 0 spiro atoms. The van der Waals surface area contributed by atoms with Crippen molar-refractivity contribution >= 4 is 5.78 Å². The third-order valence-electron chi connectivity index (χ3n) is 3.54. The van der Waals surface area contributed by atoms with Crippen LogP contribution in [-0.2, 0) is 16.1 Å². The first-order chi connectivity index (χ1) is 8.68. The summed E-state index contributed by atoms with van der Waals surface area (Å²) in [6.45, 7) is 3.60. The van der Waals surface area contributed by atoms with Crippen LogP contribution in [0.2, 0.25) is 0 Å². The Hall–Kier alpha value is -1.41. The van der Waals surface area contributed by atoms with Gasteiger partial charge in [0, 0.05) is 13.0 Å². The number of carbonyl (C=O) groups excluding carboxylic acids is 1. The van der Waals surface area contributed by atoms with E-state index in [4.69, 9.17) is 4.74 Å². The van der Waals surface area contributed by atoms with Crippen molar-refractivity contribution in [3.63, 3.8) is 0 Å². The maximum atomic E-state index is 11.1. The fourth-order valence-corrected chi connectivity index (χ4v) is 2.15. The molecule has 2 heteroatoms. The van der Waals surface area contributed by atoms with E-state index in [0.29, 0.717) is 13.0 Å². The van der Waals surface area contributed by atoms with Gasteiger partial charge < -0.3 is 4.74 Å². The van der Waals surface area contributed by atoms with Crippen LogP contribution in [0.15, 0.2) is 42.5 Å². The quantitative estimate of drug-likeness (QED) is 0.741. The second-order valence-electron chi connectivity index (χ2n) is 5.24. The van der Waals surface area contributed by atoms with Crippen LogP contribution in [0.3, 0.4) is 0 Å². The van der Waals surface area contributed by atoms with E-state index >= 15 is 0 Å². The molecule has 0 saturated carbocycles. The second kappa shape index (κ2) is 5.96. The molecule has 1 aliphatic carbocycles. The summed E-state index contributed by atoms with van der Waals surface area (Å²) in [6, 6.07) is 10.2. The van der Waals surface area contributed by atoms with Gasteiger partial charge in [0.05, 0.1) is 6.61 Å². The minimum atomic E-state index is 0.130. The molecule has 2 nitrogen and oxygen atoms in total. The number of benzene rings is 1. The van der Waals surface area contributed by atoms with Gasteiger partial charge in [-0.15, -0.1) is 0 Å². The summed E-state index contributed by atoms with van der Waals surface area (Å²) in [5.41, 5.74) is 1.34. The Labute approximate surface area is 109 Å². The van der Waals surface area contributed by atoms with Crippen molar-refractivity contribution in [1.82, 2.24) is 0 Å². The topological polar surface area (TPSA) is 26.3 Å². The zero-order valence-corrected chi connectivity index (χ0v) is 10.9. The average molecular weight is 244 g/mol. The van der Waals surface area contributed by atoms with E-state index in [9.17, 15) is 4.79 Å². The van der Waals surface area contributed by atoms with Crippen LogP contribution in [-0.4, -0.2) is 12.4 Å². The molecular weight excluding hydrogens is 224 g/mol. The Morgan fingerprint density at radius 3 is 2.72 bits per heavy atom. The Morgan fingerprint density at radius 1 is 1.28 bits per heavy atom. The van der Waals surface area contributed by atoms with E-state index in [1.807, 2.05) is 24.3 Å². The summed E-state index contributed by atoms with van der Waals surface area (Å²) in [4.78, 5) is 11.1. The Kier molecular flexibility index (Phi) is 4.32. The summed E-state index contributed by atoms with van der Waals surface area (Å²) < 4.78 is 5.70. The van der Waals surface area contributed by atoms with Crippen LogP contribution in [0.4, 0.5) is 0 Å². The summed E-state index contributed by atoms with van der Waals surface area (Å²) in [7, 11) is 0. The molecule has 1 aliphatic rings. The lowest BCUT2D eigenvalue weighted by Crippen LogP contribution is -2.21. The number of rotatable bonds is 5. The fourth-order valence-electron chi connectivity index (χ4n) is 2.15. The summed E-state index contributed by atoms with van der Waals surface area (Å²) >= 11 is 0.